The van der Waals surface area contributed by atoms with E-state index in [9.17, 15) is 9.90 Å². The molecule has 0 aromatic heterocycles. The molecule has 3 heteroatoms. The summed E-state index contributed by atoms with van der Waals surface area (Å²) < 4.78 is 0. The van der Waals surface area contributed by atoms with Gasteiger partial charge in [-0.15, -0.1) is 0 Å². The molecule has 0 radical (unpaired) electrons. The summed E-state index contributed by atoms with van der Waals surface area (Å²) in [5.41, 5.74) is 3.40. The Morgan fingerprint density at radius 2 is 1.71 bits per heavy atom. The van der Waals surface area contributed by atoms with Gasteiger partial charge in [0, 0.05) is 6.54 Å². The molecule has 0 aliphatic heterocycles. The lowest BCUT2D eigenvalue weighted by Crippen LogP contribution is -2.40. The van der Waals surface area contributed by atoms with E-state index in [0.29, 0.717) is 6.54 Å². The molecule has 21 heavy (non-hydrogen) atoms. The molecule has 2 aromatic rings. The molecule has 3 nitrogen and oxygen atoms in total. The summed E-state index contributed by atoms with van der Waals surface area (Å²) in [4.78, 5) is 11.2. The average Bonchev–Trinajstić information content (AvgIpc) is 2.48. The van der Waals surface area contributed by atoms with Crippen molar-refractivity contribution in [2.75, 3.05) is 0 Å². The molecule has 0 fully saturated rings. The summed E-state index contributed by atoms with van der Waals surface area (Å²) >= 11 is 0. The van der Waals surface area contributed by atoms with Crippen LogP contribution in [-0.2, 0) is 11.3 Å². The third kappa shape index (κ3) is 4.17. The molecule has 110 valence electrons. The molecule has 0 saturated carbocycles. The third-order valence-corrected chi connectivity index (χ3v) is 3.49. The summed E-state index contributed by atoms with van der Waals surface area (Å²) in [5, 5.41) is 12.3. The Morgan fingerprint density at radius 1 is 1.05 bits per heavy atom. The van der Waals surface area contributed by atoms with Crippen LogP contribution in [0.1, 0.15) is 19.4 Å². The molecule has 0 amide bonds. The number of benzene rings is 2. The fraction of sp³-hybridized carbons (Fsp3) is 0.278. The summed E-state index contributed by atoms with van der Waals surface area (Å²) in [6, 6.07) is 17.8. The van der Waals surface area contributed by atoms with Crippen LogP contribution in [0, 0.1) is 5.92 Å². The molecule has 1 atom stereocenters. The highest BCUT2D eigenvalue weighted by Crippen LogP contribution is 2.20. The van der Waals surface area contributed by atoms with Crippen LogP contribution >= 0.6 is 0 Å². The van der Waals surface area contributed by atoms with Crippen molar-refractivity contribution in [3.05, 3.63) is 60.2 Å². The first-order chi connectivity index (χ1) is 10.1. The van der Waals surface area contributed by atoms with Crippen molar-refractivity contribution < 1.29 is 9.90 Å². The minimum atomic E-state index is -0.802. The van der Waals surface area contributed by atoms with Crippen LogP contribution in [0.25, 0.3) is 11.1 Å². The van der Waals surface area contributed by atoms with Crippen LogP contribution < -0.4 is 5.32 Å². The van der Waals surface area contributed by atoms with Gasteiger partial charge < -0.3 is 10.4 Å². The highest BCUT2D eigenvalue weighted by Gasteiger charge is 2.20. The maximum absolute atomic E-state index is 11.2. The highest BCUT2D eigenvalue weighted by molar-refractivity contribution is 5.73. The molecule has 0 saturated heterocycles. The number of nitrogens with one attached hydrogen (secondary N) is 1. The van der Waals surface area contributed by atoms with Crippen molar-refractivity contribution in [2.45, 2.75) is 26.4 Å². The van der Waals surface area contributed by atoms with Crippen LogP contribution in [0.2, 0.25) is 0 Å². The summed E-state index contributed by atoms with van der Waals surface area (Å²) in [5.74, 6) is -0.746. The van der Waals surface area contributed by atoms with Crippen LogP contribution in [0.15, 0.2) is 54.6 Å². The smallest absolute Gasteiger partial charge is 0.320 e. The van der Waals surface area contributed by atoms with Crippen LogP contribution in [0.4, 0.5) is 0 Å². The van der Waals surface area contributed by atoms with E-state index < -0.39 is 12.0 Å². The Labute approximate surface area is 125 Å². The molecular formula is C18H21NO2. The lowest BCUT2D eigenvalue weighted by molar-refractivity contribution is -0.140. The van der Waals surface area contributed by atoms with Gasteiger partial charge in [0.1, 0.15) is 6.04 Å². The fourth-order valence-corrected chi connectivity index (χ4v) is 2.33. The highest BCUT2D eigenvalue weighted by atomic mass is 16.4. The zero-order valence-corrected chi connectivity index (χ0v) is 12.4. The first-order valence-electron chi connectivity index (χ1n) is 7.18. The summed E-state index contributed by atoms with van der Waals surface area (Å²) in [6.45, 7) is 4.37. The van der Waals surface area contributed by atoms with Crippen molar-refractivity contribution >= 4 is 5.97 Å². The number of hydrogen-bond donors (Lipinski definition) is 2. The Morgan fingerprint density at radius 3 is 2.33 bits per heavy atom. The van der Waals surface area contributed by atoms with Gasteiger partial charge in [-0.2, -0.15) is 0 Å². The first kappa shape index (κ1) is 15.3. The Hall–Kier alpha value is -2.13. The number of aliphatic carboxylic acids is 1. The van der Waals surface area contributed by atoms with Crippen LogP contribution in [0.5, 0.6) is 0 Å². The van der Waals surface area contributed by atoms with Gasteiger partial charge in [-0.05, 0) is 28.7 Å². The van der Waals surface area contributed by atoms with Crippen molar-refractivity contribution in [3.63, 3.8) is 0 Å². The lowest BCUT2D eigenvalue weighted by Gasteiger charge is -2.18. The number of carboxylic acid groups (broad SMARTS) is 1. The molecule has 0 spiro atoms. The van der Waals surface area contributed by atoms with E-state index in [0.717, 1.165) is 16.7 Å². The second-order valence-corrected chi connectivity index (χ2v) is 5.51. The minimum absolute atomic E-state index is 0.0554. The third-order valence-electron chi connectivity index (χ3n) is 3.49. The molecule has 0 aliphatic rings. The molecule has 0 aliphatic carbocycles. The van der Waals surface area contributed by atoms with Gasteiger partial charge >= 0.3 is 5.97 Å². The van der Waals surface area contributed by atoms with E-state index in [1.807, 2.05) is 44.2 Å². The van der Waals surface area contributed by atoms with Crippen LogP contribution in [0.3, 0.4) is 0 Å². The maximum atomic E-state index is 11.2. The number of carboxylic acids is 1. The molecule has 2 N–H and O–H groups in total. The normalized spacial score (nSPS) is 12.3. The van der Waals surface area contributed by atoms with Gasteiger partial charge in [-0.25, -0.2) is 0 Å². The molecule has 0 heterocycles. The second kappa shape index (κ2) is 7.04. The monoisotopic (exact) mass is 283 g/mol. The number of carbonyl (C=O) groups is 1. The van der Waals surface area contributed by atoms with Crippen molar-refractivity contribution in [1.29, 1.82) is 0 Å². The van der Waals surface area contributed by atoms with Gasteiger partial charge in [-0.1, -0.05) is 62.4 Å². The standard InChI is InChI=1S/C18H21NO2/c1-13(2)17(18(20)21)19-12-14-7-6-10-16(11-14)15-8-4-3-5-9-15/h3-11,13,17,19H,12H2,1-2H3,(H,20,21)/t17-/m1/s1. The number of hydrogen-bond acceptors (Lipinski definition) is 2. The first-order valence-corrected chi connectivity index (χ1v) is 7.18. The van der Waals surface area contributed by atoms with E-state index in [1.165, 1.54) is 0 Å². The predicted octanol–water partition coefficient (Wildman–Crippen LogP) is 3.55. The fourth-order valence-electron chi connectivity index (χ4n) is 2.33. The molecule has 2 rings (SSSR count). The molecule has 0 bridgehead atoms. The maximum Gasteiger partial charge on any atom is 0.320 e. The summed E-state index contributed by atoms with van der Waals surface area (Å²) in [6.07, 6.45) is 0. The van der Waals surface area contributed by atoms with Gasteiger partial charge in [0.15, 0.2) is 0 Å². The Balaban J connectivity index is 2.10. The van der Waals surface area contributed by atoms with E-state index in [4.69, 9.17) is 0 Å². The van der Waals surface area contributed by atoms with E-state index in [2.05, 4.69) is 29.6 Å². The molecule has 0 unspecified atom stereocenters. The zero-order valence-electron chi connectivity index (χ0n) is 12.4. The van der Waals surface area contributed by atoms with Gasteiger partial charge in [-0.3, -0.25) is 4.79 Å². The molecule has 2 aromatic carbocycles. The Kier molecular flexibility index (Phi) is 5.12. The molecular weight excluding hydrogens is 262 g/mol. The Bertz CT molecular complexity index is 593. The SMILES string of the molecule is CC(C)[C@@H](NCc1cccc(-c2ccccc2)c1)C(=O)O. The van der Waals surface area contributed by atoms with Gasteiger partial charge in [0.05, 0.1) is 0 Å². The minimum Gasteiger partial charge on any atom is -0.480 e. The lowest BCUT2D eigenvalue weighted by atomic mass is 10.0. The van der Waals surface area contributed by atoms with Gasteiger partial charge in [0.25, 0.3) is 0 Å². The second-order valence-electron chi connectivity index (χ2n) is 5.51. The quantitative estimate of drug-likeness (QED) is 0.852. The van der Waals surface area contributed by atoms with Crippen molar-refractivity contribution in [3.8, 4) is 11.1 Å². The van der Waals surface area contributed by atoms with Gasteiger partial charge in [0.2, 0.25) is 0 Å². The summed E-state index contributed by atoms with van der Waals surface area (Å²) in [7, 11) is 0. The predicted molar refractivity (Wildman–Crippen MR) is 85.0 cm³/mol. The zero-order chi connectivity index (χ0) is 15.2. The van der Waals surface area contributed by atoms with E-state index >= 15 is 0 Å². The van der Waals surface area contributed by atoms with Crippen molar-refractivity contribution in [1.82, 2.24) is 5.32 Å². The van der Waals surface area contributed by atoms with E-state index in [-0.39, 0.29) is 5.92 Å². The largest absolute Gasteiger partial charge is 0.480 e. The van der Waals surface area contributed by atoms with Crippen LogP contribution in [-0.4, -0.2) is 17.1 Å². The average molecular weight is 283 g/mol. The van der Waals surface area contributed by atoms with Crippen molar-refractivity contribution in [2.24, 2.45) is 5.92 Å². The number of rotatable bonds is 6. The van der Waals surface area contributed by atoms with E-state index in [1.54, 1.807) is 0 Å². The topological polar surface area (TPSA) is 49.3 Å².